The lowest BCUT2D eigenvalue weighted by atomic mass is 9.92. The third-order valence-electron chi connectivity index (χ3n) is 3.69. The fourth-order valence-corrected chi connectivity index (χ4v) is 2.77. The van der Waals surface area contributed by atoms with E-state index in [-0.39, 0.29) is 6.04 Å². The van der Waals surface area contributed by atoms with Crippen molar-refractivity contribution in [2.45, 2.75) is 37.8 Å². The van der Waals surface area contributed by atoms with Gasteiger partial charge >= 0.3 is 0 Å². The van der Waals surface area contributed by atoms with Gasteiger partial charge < -0.3 is 15.6 Å². The minimum atomic E-state index is -0.408. The molecule has 0 saturated heterocycles. The maximum Gasteiger partial charge on any atom is 0.245 e. The molecular formula is C12H17N5O2. The summed E-state index contributed by atoms with van der Waals surface area (Å²) in [6, 6.07) is -0.0710. The van der Waals surface area contributed by atoms with Crippen molar-refractivity contribution in [3.05, 3.63) is 6.33 Å². The lowest BCUT2D eigenvalue weighted by Crippen LogP contribution is -2.28. The van der Waals surface area contributed by atoms with Crippen LogP contribution in [0, 0.1) is 0 Å². The average Bonchev–Trinajstić information content (AvgIpc) is 2.75. The summed E-state index contributed by atoms with van der Waals surface area (Å²) in [6.07, 6.45) is 4.80. The Morgan fingerprint density at radius 2 is 2.16 bits per heavy atom. The number of aromatic nitrogens is 4. The monoisotopic (exact) mass is 263 g/mol. The van der Waals surface area contributed by atoms with Crippen molar-refractivity contribution in [1.29, 1.82) is 0 Å². The van der Waals surface area contributed by atoms with E-state index in [0.29, 0.717) is 23.0 Å². The van der Waals surface area contributed by atoms with Gasteiger partial charge in [-0.2, -0.15) is 4.98 Å². The van der Waals surface area contributed by atoms with Crippen molar-refractivity contribution < 1.29 is 9.84 Å². The fraction of sp³-hybridized carbons (Fsp3) is 0.583. The first-order valence-corrected chi connectivity index (χ1v) is 6.43. The molecule has 0 spiro atoms. The number of rotatable bonds is 2. The second kappa shape index (κ2) is 4.65. The Morgan fingerprint density at radius 1 is 1.37 bits per heavy atom. The number of methoxy groups -OCH3 is 1. The topological polar surface area (TPSA) is 99.1 Å². The SMILES string of the molecule is COc1ncnc2c1nc(N)n2C1CCCCC1O. The summed E-state index contributed by atoms with van der Waals surface area (Å²) < 4.78 is 6.97. The van der Waals surface area contributed by atoms with Gasteiger partial charge in [-0.3, -0.25) is 4.57 Å². The maximum absolute atomic E-state index is 10.2. The highest BCUT2D eigenvalue weighted by molar-refractivity contribution is 5.79. The van der Waals surface area contributed by atoms with Crippen LogP contribution in [-0.4, -0.2) is 37.8 Å². The van der Waals surface area contributed by atoms with E-state index in [1.54, 1.807) is 0 Å². The smallest absolute Gasteiger partial charge is 0.245 e. The van der Waals surface area contributed by atoms with Gasteiger partial charge in [0.15, 0.2) is 11.2 Å². The number of fused-ring (bicyclic) bond motifs is 1. The zero-order chi connectivity index (χ0) is 13.4. The van der Waals surface area contributed by atoms with Crippen molar-refractivity contribution in [2.24, 2.45) is 0 Å². The zero-order valence-electron chi connectivity index (χ0n) is 10.8. The number of nitrogens with zero attached hydrogens (tertiary/aromatic N) is 4. The molecule has 1 fully saturated rings. The van der Waals surface area contributed by atoms with Crippen LogP contribution in [0.5, 0.6) is 5.88 Å². The molecule has 0 radical (unpaired) electrons. The summed E-state index contributed by atoms with van der Waals surface area (Å²) in [4.78, 5) is 12.5. The van der Waals surface area contributed by atoms with Gasteiger partial charge in [0.1, 0.15) is 6.33 Å². The number of nitrogen functional groups attached to an aromatic ring is 1. The highest BCUT2D eigenvalue weighted by atomic mass is 16.5. The van der Waals surface area contributed by atoms with Crippen LogP contribution < -0.4 is 10.5 Å². The first-order valence-electron chi connectivity index (χ1n) is 6.43. The molecule has 2 unspecified atom stereocenters. The Bertz CT molecular complexity index is 597. The molecule has 0 aromatic carbocycles. The van der Waals surface area contributed by atoms with Gasteiger partial charge in [0, 0.05) is 0 Å². The van der Waals surface area contributed by atoms with Crippen LogP contribution in [0.2, 0.25) is 0 Å². The Kier molecular flexibility index (Phi) is 2.98. The van der Waals surface area contributed by atoms with Crippen molar-refractivity contribution in [1.82, 2.24) is 19.5 Å². The van der Waals surface area contributed by atoms with Crippen LogP contribution in [0.25, 0.3) is 11.2 Å². The Labute approximate surface area is 110 Å². The molecule has 7 nitrogen and oxygen atoms in total. The summed E-state index contributed by atoms with van der Waals surface area (Å²) in [5, 5.41) is 10.2. The molecule has 7 heteroatoms. The van der Waals surface area contributed by atoms with Crippen LogP contribution in [0.4, 0.5) is 5.95 Å². The van der Waals surface area contributed by atoms with Crippen LogP contribution in [-0.2, 0) is 0 Å². The molecule has 1 aliphatic rings. The Morgan fingerprint density at radius 3 is 2.89 bits per heavy atom. The molecule has 2 atom stereocenters. The van der Waals surface area contributed by atoms with Crippen molar-refractivity contribution in [3.63, 3.8) is 0 Å². The quantitative estimate of drug-likeness (QED) is 0.835. The third-order valence-corrected chi connectivity index (χ3v) is 3.69. The zero-order valence-corrected chi connectivity index (χ0v) is 10.8. The molecule has 2 aromatic rings. The largest absolute Gasteiger partial charge is 0.479 e. The third kappa shape index (κ3) is 1.90. The van der Waals surface area contributed by atoms with Gasteiger partial charge in [-0.15, -0.1) is 0 Å². The number of imidazole rings is 1. The highest BCUT2D eigenvalue weighted by Crippen LogP contribution is 2.34. The van der Waals surface area contributed by atoms with Crippen LogP contribution >= 0.6 is 0 Å². The molecule has 0 bridgehead atoms. The first kappa shape index (κ1) is 12.2. The van der Waals surface area contributed by atoms with E-state index in [4.69, 9.17) is 10.5 Å². The summed E-state index contributed by atoms with van der Waals surface area (Å²) in [6.45, 7) is 0. The summed E-state index contributed by atoms with van der Waals surface area (Å²) >= 11 is 0. The van der Waals surface area contributed by atoms with Gasteiger partial charge in [0.2, 0.25) is 11.8 Å². The van der Waals surface area contributed by atoms with Crippen LogP contribution in [0.3, 0.4) is 0 Å². The van der Waals surface area contributed by atoms with Gasteiger partial charge in [-0.25, -0.2) is 9.97 Å². The van der Waals surface area contributed by atoms with E-state index in [1.807, 2.05) is 4.57 Å². The predicted molar refractivity (Wildman–Crippen MR) is 69.8 cm³/mol. The van der Waals surface area contributed by atoms with Crippen molar-refractivity contribution >= 4 is 17.1 Å². The molecule has 0 aliphatic heterocycles. The normalized spacial score (nSPS) is 23.7. The van der Waals surface area contributed by atoms with E-state index in [1.165, 1.54) is 13.4 Å². The molecule has 1 saturated carbocycles. The van der Waals surface area contributed by atoms with Crippen molar-refractivity contribution in [3.8, 4) is 5.88 Å². The molecule has 0 amide bonds. The lowest BCUT2D eigenvalue weighted by molar-refractivity contribution is 0.0780. The van der Waals surface area contributed by atoms with E-state index in [2.05, 4.69) is 15.0 Å². The van der Waals surface area contributed by atoms with E-state index >= 15 is 0 Å². The van der Waals surface area contributed by atoms with E-state index < -0.39 is 6.10 Å². The summed E-state index contributed by atoms with van der Waals surface area (Å²) in [7, 11) is 1.53. The predicted octanol–water partition coefficient (Wildman–Crippen LogP) is 0.893. The minimum absolute atomic E-state index is 0.0710. The van der Waals surface area contributed by atoms with Gasteiger partial charge in [0.25, 0.3) is 0 Å². The number of aliphatic hydroxyl groups excluding tert-OH is 1. The number of hydrogen-bond acceptors (Lipinski definition) is 6. The molecule has 3 N–H and O–H groups in total. The Hall–Kier alpha value is -1.89. The van der Waals surface area contributed by atoms with Crippen molar-refractivity contribution in [2.75, 3.05) is 12.8 Å². The maximum atomic E-state index is 10.2. The number of ether oxygens (including phenoxy) is 1. The van der Waals surface area contributed by atoms with Crippen LogP contribution in [0.1, 0.15) is 31.7 Å². The van der Waals surface area contributed by atoms with Gasteiger partial charge in [-0.1, -0.05) is 12.8 Å². The first-order chi connectivity index (χ1) is 9.22. The number of nitrogens with two attached hydrogens (primary N) is 1. The van der Waals surface area contributed by atoms with E-state index in [0.717, 1.165) is 25.7 Å². The standard InChI is InChI=1S/C12H17N5O2/c1-19-11-9-10(14-6-15-11)17(12(13)16-9)7-4-2-3-5-8(7)18/h6-8,18H,2-5H2,1H3,(H2,13,16). The second-order valence-corrected chi connectivity index (χ2v) is 4.81. The number of hydrogen-bond donors (Lipinski definition) is 2. The molecule has 3 rings (SSSR count). The number of aliphatic hydroxyl groups is 1. The lowest BCUT2D eigenvalue weighted by Gasteiger charge is -2.29. The number of anilines is 1. The molecule has 2 aromatic heterocycles. The van der Waals surface area contributed by atoms with Gasteiger partial charge in [-0.05, 0) is 12.8 Å². The molecular weight excluding hydrogens is 246 g/mol. The molecule has 2 heterocycles. The molecule has 19 heavy (non-hydrogen) atoms. The van der Waals surface area contributed by atoms with Crippen LogP contribution in [0.15, 0.2) is 6.33 Å². The minimum Gasteiger partial charge on any atom is -0.479 e. The molecule has 102 valence electrons. The molecule has 1 aliphatic carbocycles. The summed E-state index contributed by atoms with van der Waals surface area (Å²) in [5.41, 5.74) is 7.15. The fourth-order valence-electron chi connectivity index (χ4n) is 2.77. The average molecular weight is 263 g/mol. The van der Waals surface area contributed by atoms with Gasteiger partial charge in [0.05, 0.1) is 19.3 Å². The highest BCUT2D eigenvalue weighted by Gasteiger charge is 2.29. The van der Waals surface area contributed by atoms with E-state index in [9.17, 15) is 5.11 Å². The Balaban J connectivity index is 2.15. The summed E-state index contributed by atoms with van der Waals surface area (Å²) in [5.74, 6) is 0.750. The second-order valence-electron chi connectivity index (χ2n) is 4.81.